The number of hydrogen-bond donors (Lipinski definition) is 1. The number of carbonyl (C=O) groups is 1. The largest absolute Gasteiger partial charge is 0.364 e. The van der Waals surface area contributed by atoms with Crippen molar-refractivity contribution < 1.29 is 13.6 Å². The van der Waals surface area contributed by atoms with Crippen LogP contribution in [0.1, 0.15) is 6.92 Å². The van der Waals surface area contributed by atoms with Crippen molar-refractivity contribution in [2.24, 2.45) is 5.73 Å². The summed E-state index contributed by atoms with van der Waals surface area (Å²) in [5.41, 5.74) is 4.41. The van der Waals surface area contributed by atoms with Crippen molar-refractivity contribution in [3.63, 3.8) is 0 Å². The molecule has 0 saturated heterocycles. The summed E-state index contributed by atoms with van der Waals surface area (Å²) in [6, 6.07) is 0. The van der Waals surface area contributed by atoms with Crippen molar-refractivity contribution in [1.29, 1.82) is 0 Å². The number of amides is 1. The first-order valence-corrected chi connectivity index (χ1v) is 3.91. The molecule has 0 radical (unpaired) electrons. The van der Waals surface area contributed by atoms with Crippen molar-refractivity contribution in [3.05, 3.63) is 0 Å². The second-order valence-corrected chi connectivity index (χ2v) is 2.98. The molecular weight excluding hydrogens is 160 g/mol. The monoisotopic (exact) mass is 169 g/mol. The van der Waals surface area contributed by atoms with Gasteiger partial charge in [0.25, 0.3) is 5.91 Å². The van der Waals surface area contributed by atoms with Crippen LogP contribution >= 0.6 is 11.8 Å². The number of carbonyl (C=O) groups excluding carboxylic acids is 1. The van der Waals surface area contributed by atoms with Gasteiger partial charge in [-0.2, -0.15) is 20.5 Å². The van der Waals surface area contributed by atoms with E-state index in [0.29, 0.717) is 5.75 Å². The van der Waals surface area contributed by atoms with Crippen molar-refractivity contribution in [2.75, 3.05) is 11.5 Å². The van der Waals surface area contributed by atoms with Crippen LogP contribution in [0.25, 0.3) is 0 Å². The van der Waals surface area contributed by atoms with Crippen LogP contribution in [0.15, 0.2) is 0 Å². The van der Waals surface area contributed by atoms with Gasteiger partial charge in [0, 0.05) is 0 Å². The van der Waals surface area contributed by atoms with Gasteiger partial charge in [-0.05, 0) is 5.75 Å². The van der Waals surface area contributed by atoms with E-state index < -0.39 is 17.6 Å². The van der Waals surface area contributed by atoms with E-state index in [1.165, 1.54) is 0 Å². The van der Waals surface area contributed by atoms with Crippen LogP contribution in [0.3, 0.4) is 0 Å². The molecule has 60 valence electrons. The fourth-order valence-electron chi connectivity index (χ4n) is 0.301. The zero-order valence-corrected chi connectivity index (χ0v) is 6.38. The number of halogens is 2. The SMILES string of the molecule is CCSCC(F)(F)C(N)=O. The highest BCUT2D eigenvalue weighted by molar-refractivity contribution is 7.99. The minimum Gasteiger partial charge on any atom is -0.364 e. The molecule has 0 aliphatic rings. The molecule has 0 atom stereocenters. The number of rotatable bonds is 4. The minimum absolute atomic E-state index is 0.515. The third-order valence-corrected chi connectivity index (χ3v) is 1.82. The van der Waals surface area contributed by atoms with Gasteiger partial charge in [0.1, 0.15) is 0 Å². The van der Waals surface area contributed by atoms with Gasteiger partial charge in [0.2, 0.25) is 0 Å². The number of nitrogens with two attached hydrogens (primary N) is 1. The van der Waals surface area contributed by atoms with Gasteiger partial charge in [-0.1, -0.05) is 6.92 Å². The predicted octanol–water partition coefficient (Wildman–Crippen LogP) is 0.860. The fraction of sp³-hybridized carbons (Fsp3) is 0.800. The van der Waals surface area contributed by atoms with Gasteiger partial charge in [0.15, 0.2) is 0 Å². The summed E-state index contributed by atoms with van der Waals surface area (Å²) in [5, 5.41) is 0. The van der Waals surface area contributed by atoms with Gasteiger partial charge < -0.3 is 5.73 Å². The maximum Gasteiger partial charge on any atom is 0.333 e. The van der Waals surface area contributed by atoms with Crippen LogP contribution in [0.2, 0.25) is 0 Å². The van der Waals surface area contributed by atoms with Gasteiger partial charge in [-0.25, -0.2) is 0 Å². The first kappa shape index (κ1) is 9.68. The fourth-order valence-corrected chi connectivity index (χ4v) is 0.904. The van der Waals surface area contributed by atoms with Crippen LogP contribution in [0.5, 0.6) is 0 Å². The summed E-state index contributed by atoms with van der Waals surface area (Å²) < 4.78 is 24.5. The number of alkyl halides is 2. The summed E-state index contributed by atoms with van der Waals surface area (Å²) in [7, 11) is 0. The summed E-state index contributed by atoms with van der Waals surface area (Å²) >= 11 is 0.993. The van der Waals surface area contributed by atoms with Crippen LogP contribution in [-0.4, -0.2) is 23.3 Å². The lowest BCUT2D eigenvalue weighted by molar-refractivity contribution is -0.138. The lowest BCUT2D eigenvalue weighted by Gasteiger charge is -2.09. The Labute approximate surface area is 62.2 Å². The van der Waals surface area contributed by atoms with E-state index in [9.17, 15) is 13.6 Å². The second-order valence-electron chi connectivity index (χ2n) is 1.71. The molecule has 0 unspecified atom stereocenters. The van der Waals surface area contributed by atoms with Crippen molar-refractivity contribution in [3.8, 4) is 0 Å². The maximum absolute atomic E-state index is 12.2. The standard InChI is InChI=1S/C5H9F2NOS/c1-2-10-3-5(6,7)4(8)9/h2-3H2,1H3,(H2,8,9). The highest BCUT2D eigenvalue weighted by Crippen LogP contribution is 2.18. The maximum atomic E-state index is 12.2. The zero-order chi connectivity index (χ0) is 8.20. The van der Waals surface area contributed by atoms with E-state index >= 15 is 0 Å². The molecule has 1 amide bonds. The topological polar surface area (TPSA) is 43.1 Å². The average molecular weight is 169 g/mol. The molecule has 0 aliphatic carbocycles. The zero-order valence-electron chi connectivity index (χ0n) is 5.56. The first-order valence-electron chi connectivity index (χ1n) is 2.76. The Hall–Kier alpha value is -0.320. The van der Waals surface area contributed by atoms with E-state index in [-0.39, 0.29) is 0 Å². The van der Waals surface area contributed by atoms with E-state index in [1.807, 2.05) is 0 Å². The van der Waals surface area contributed by atoms with Gasteiger partial charge in [-0.15, -0.1) is 0 Å². The van der Waals surface area contributed by atoms with Crippen molar-refractivity contribution in [1.82, 2.24) is 0 Å². The predicted molar refractivity (Wildman–Crippen MR) is 37.1 cm³/mol. The molecule has 0 spiro atoms. The van der Waals surface area contributed by atoms with Crippen LogP contribution in [0, 0.1) is 0 Å². The molecule has 0 aromatic carbocycles. The Balaban J connectivity index is 3.75. The first-order chi connectivity index (χ1) is 4.50. The quantitative estimate of drug-likeness (QED) is 0.678. The average Bonchev–Trinajstić information content (AvgIpc) is 1.84. The van der Waals surface area contributed by atoms with E-state index in [2.05, 4.69) is 5.73 Å². The number of thioether (sulfide) groups is 1. The third-order valence-electron chi connectivity index (χ3n) is 0.848. The molecule has 0 saturated carbocycles. The highest BCUT2D eigenvalue weighted by Gasteiger charge is 2.35. The van der Waals surface area contributed by atoms with Crippen molar-refractivity contribution >= 4 is 17.7 Å². The Bertz CT molecular complexity index is 129. The number of primary amides is 1. The minimum atomic E-state index is -3.35. The Morgan fingerprint density at radius 3 is 2.50 bits per heavy atom. The smallest absolute Gasteiger partial charge is 0.333 e. The molecule has 0 aliphatic heterocycles. The van der Waals surface area contributed by atoms with Gasteiger partial charge in [0.05, 0.1) is 5.75 Å². The molecule has 0 aromatic rings. The second kappa shape index (κ2) is 3.75. The van der Waals surface area contributed by atoms with E-state index in [1.54, 1.807) is 6.92 Å². The molecule has 0 fully saturated rings. The molecule has 0 rings (SSSR count). The summed E-state index contributed by atoms with van der Waals surface area (Å²) in [4.78, 5) is 9.99. The molecule has 0 bridgehead atoms. The molecule has 10 heavy (non-hydrogen) atoms. The summed E-state index contributed by atoms with van der Waals surface area (Å²) in [5.74, 6) is -4.85. The Morgan fingerprint density at radius 1 is 1.70 bits per heavy atom. The Morgan fingerprint density at radius 2 is 2.20 bits per heavy atom. The number of hydrogen-bond acceptors (Lipinski definition) is 2. The lowest BCUT2D eigenvalue weighted by Crippen LogP contribution is -2.37. The molecular formula is C5H9F2NOS. The molecule has 0 aromatic heterocycles. The van der Waals surface area contributed by atoms with Gasteiger partial charge >= 0.3 is 5.92 Å². The molecule has 0 heterocycles. The normalized spacial score (nSPS) is 11.5. The molecule has 2 N–H and O–H groups in total. The molecule has 5 heteroatoms. The van der Waals surface area contributed by atoms with Crippen LogP contribution in [-0.2, 0) is 4.79 Å². The van der Waals surface area contributed by atoms with Crippen LogP contribution < -0.4 is 5.73 Å². The van der Waals surface area contributed by atoms with Gasteiger partial charge in [-0.3, -0.25) is 4.79 Å². The highest BCUT2D eigenvalue weighted by atomic mass is 32.2. The van der Waals surface area contributed by atoms with Crippen LogP contribution in [0.4, 0.5) is 8.78 Å². The third kappa shape index (κ3) is 3.00. The van der Waals surface area contributed by atoms with Crippen molar-refractivity contribution in [2.45, 2.75) is 12.8 Å². The van der Waals surface area contributed by atoms with E-state index in [4.69, 9.17) is 0 Å². The Kier molecular flexibility index (Phi) is 3.63. The lowest BCUT2D eigenvalue weighted by atomic mass is 10.4. The molecule has 2 nitrogen and oxygen atoms in total. The summed E-state index contributed by atoms with van der Waals surface area (Å²) in [6.45, 7) is 1.74. The summed E-state index contributed by atoms with van der Waals surface area (Å²) in [6.07, 6.45) is 0. The van der Waals surface area contributed by atoms with E-state index in [0.717, 1.165) is 11.8 Å².